The van der Waals surface area contributed by atoms with Crippen LogP contribution in [0.15, 0.2) is 41.6 Å². The van der Waals surface area contributed by atoms with Gasteiger partial charge in [0.05, 0.1) is 21.4 Å². The standard InChI is InChI=1S/C18H14Cl2N4OS/c1-10-3-15(26-16(10)20)12-5-14-17(22-7-12)23(2)18(25)24(14)9-11-4-13(19)8-21-6-11/h3-8H,9H2,1-2H3. The summed E-state index contributed by atoms with van der Waals surface area (Å²) in [5.74, 6) is 0. The third-order valence-electron chi connectivity index (χ3n) is 4.22. The van der Waals surface area contributed by atoms with Crippen LogP contribution >= 0.6 is 34.5 Å². The Bertz CT molecular complexity index is 1170. The predicted molar refractivity (Wildman–Crippen MR) is 106 cm³/mol. The van der Waals surface area contributed by atoms with E-state index in [2.05, 4.69) is 9.97 Å². The van der Waals surface area contributed by atoms with Crippen LogP contribution in [-0.4, -0.2) is 19.1 Å². The van der Waals surface area contributed by atoms with Crippen molar-refractivity contribution in [2.75, 3.05) is 0 Å². The maximum atomic E-state index is 12.7. The van der Waals surface area contributed by atoms with Gasteiger partial charge in [-0.05, 0) is 36.2 Å². The molecule has 0 aliphatic heterocycles. The van der Waals surface area contributed by atoms with Crippen molar-refractivity contribution in [1.82, 2.24) is 19.1 Å². The summed E-state index contributed by atoms with van der Waals surface area (Å²) in [4.78, 5) is 22.3. The summed E-state index contributed by atoms with van der Waals surface area (Å²) in [6.07, 6.45) is 5.05. The van der Waals surface area contributed by atoms with Gasteiger partial charge in [0.25, 0.3) is 0 Å². The van der Waals surface area contributed by atoms with Crippen LogP contribution in [0.4, 0.5) is 0 Å². The molecular formula is C18H14Cl2N4OS. The van der Waals surface area contributed by atoms with Gasteiger partial charge in [0.15, 0.2) is 5.65 Å². The minimum atomic E-state index is -0.134. The van der Waals surface area contributed by atoms with Crippen LogP contribution in [0.2, 0.25) is 9.36 Å². The first kappa shape index (κ1) is 17.3. The topological polar surface area (TPSA) is 52.7 Å². The second-order valence-corrected chi connectivity index (χ2v) is 8.16. The van der Waals surface area contributed by atoms with E-state index >= 15 is 0 Å². The van der Waals surface area contributed by atoms with Gasteiger partial charge in [-0.25, -0.2) is 9.78 Å². The highest BCUT2D eigenvalue weighted by atomic mass is 35.5. The zero-order valence-corrected chi connectivity index (χ0v) is 16.4. The van der Waals surface area contributed by atoms with Gasteiger partial charge in [-0.2, -0.15) is 0 Å². The highest BCUT2D eigenvalue weighted by Crippen LogP contribution is 2.35. The molecule has 0 atom stereocenters. The highest BCUT2D eigenvalue weighted by molar-refractivity contribution is 7.19. The molecule has 4 aromatic rings. The van der Waals surface area contributed by atoms with Gasteiger partial charge < -0.3 is 0 Å². The zero-order chi connectivity index (χ0) is 18.4. The molecule has 0 radical (unpaired) electrons. The van der Waals surface area contributed by atoms with E-state index in [9.17, 15) is 4.79 Å². The second-order valence-electron chi connectivity index (χ2n) is 6.07. The summed E-state index contributed by atoms with van der Waals surface area (Å²) >= 11 is 13.7. The number of hydrogen-bond acceptors (Lipinski definition) is 4. The number of rotatable bonds is 3. The molecule has 26 heavy (non-hydrogen) atoms. The second kappa shape index (κ2) is 6.54. The number of imidazole rings is 1. The van der Waals surface area contributed by atoms with Crippen molar-refractivity contribution >= 4 is 45.7 Å². The summed E-state index contributed by atoms with van der Waals surface area (Å²) in [7, 11) is 1.72. The van der Waals surface area contributed by atoms with Gasteiger partial charge in [-0.15, -0.1) is 11.3 Å². The van der Waals surface area contributed by atoms with E-state index in [1.807, 2.05) is 19.1 Å². The Hall–Kier alpha value is -2.15. The smallest absolute Gasteiger partial charge is 0.286 e. The molecule has 0 aliphatic rings. The fraction of sp³-hybridized carbons (Fsp3) is 0.167. The lowest BCUT2D eigenvalue weighted by Crippen LogP contribution is -2.22. The molecule has 4 aromatic heterocycles. The number of aryl methyl sites for hydroxylation is 2. The molecule has 0 aromatic carbocycles. The monoisotopic (exact) mass is 404 g/mol. The number of halogens is 2. The van der Waals surface area contributed by atoms with Crippen LogP contribution in [0.3, 0.4) is 0 Å². The molecule has 0 saturated heterocycles. The van der Waals surface area contributed by atoms with Crippen molar-refractivity contribution in [2.45, 2.75) is 13.5 Å². The van der Waals surface area contributed by atoms with Gasteiger partial charge in [-0.1, -0.05) is 23.2 Å². The zero-order valence-electron chi connectivity index (χ0n) is 14.0. The Labute approximate surface area is 163 Å². The van der Waals surface area contributed by atoms with Crippen molar-refractivity contribution in [3.8, 4) is 10.4 Å². The Morgan fingerprint density at radius 2 is 1.96 bits per heavy atom. The molecule has 4 heterocycles. The van der Waals surface area contributed by atoms with E-state index in [0.29, 0.717) is 17.2 Å². The Balaban J connectivity index is 1.87. The molecule has 0 bridgehead atoms. The average Bonchev–Trinajstić information content (AvgIpc) is 3.07. The predicted octanol–water partition coefficient (Wildman–Crippen LogP) is 4.52. The molecule has 0 aliphatic carbocycles. The lowest BCUT2D eigenvalue weighted by molar-refractivity contribution is 0.732. The fourth-order valence-corrected chi connectivity index (χ4v) is 4.27. The number of fused-ring (bicyclic) bond motifs is 1. The lowest BCUT2D eigenvalue weighted by Gasteiger charge is -2.04. The third kappa shape index (κ3) is 2.94. The third-order valence-corrected chi connectivity index (χ3v) is 6.03. The molecule has 5 nitrogen and oxygen atoms in total. The molecule has 0 saturated carbocycles. The van der Waals surface area contributed by atoms with Crippen LogP contribution in [0, 0.1) is 6.92 Å². The molecule has 4 rings (SSSR count). The minimum Gasteiger partial charge on any atom is -0.286 e. The van der Waals surface area contributed by atoms with Crippen molar-refractivity contribution in [1.29, 1.82) is 0 Å². The van der Waals surface area contributed by atoms with E-state index in [0.717, 1.165) is 31.4 Å². The summed E-state index contributed by atoms with van der Waals surface area (Å²) in [6.45, 7) is 2.35. The highest BCUT2D eigenvalue weighted by Gasteiger charge is 2.15. The van der Waals surface area contributed by atoms with E-state index in [-0.39, 0.29) is 5.69 Å². The molecule has 0 N–H and O–H groups in total. The maximum Gasteiger partial charge on any atom is 0.330 e. The van der Waals surface area contributed by atoms with E-state index in [4.69, 9.17) is 23.2 Å². The number of thiophene rings is 1. The summed E-state index contributed by atoms with van der Waals surface area (Å²) in [5.41, 5.74) is 4.08. The van der Waals surface area contributed by atoms with E-state index in [1.54, 1.807) is 40.8 Å². The molecular weight excluding hydrogens is 391 g/mol. The molecule has 0 fully saturated rings. The first-order valence-corrected chi connectivity index (χ1v) is 9.42. The number of hydrogen-bond donors (Lipinski definition) is 0. The van der Waals surface area contributed by atoms with E-state index in [1.165, 1.54) is 11.3 Å². The van der Waals surface area contributed by atoms with Crippen LogP contribution in [0.25, 0.3) is 21.6 Å². The van der Waals surface area contributed by atoms with Gasteiger partial charge in [0.1, 0.15) is 0 Å². The number of pyridine rings is 2. The maximum absolute atomic E-state index is 12.7. The quantitative estimate of drug-likeness (QED) is 0.504. The van der Waals surface area contributed by atoms with Gasteiger partial charge in [0.2, 0.25) is 0 Å². The summed E-state index contributed by atoms with van der Waals surface area (Å²) < 4.78 is 3.99. The van der Waals surface area contributed by atoms with Crippen LogP contribution in [0.5, 0.6) is 0 Å². The fourth-order valence-electron chi connectivity index (χ4n) is 2.89. The largest absolute Gasteiger partial charge is 0.330 e. The van der Waals surface area contributed by atoms with Crippen molar-refractivity contribution in [3.05, 3.63) is 67.8 Å². The Morgan fingerprint density at radius 3 is 2.65 bits per heavy atom. The molecule has 8 heteroatoms. The number of aromatic nitrogens is 4. The summed E-state index contributed by atoms with van der Waals surface area (Å²) in [5, 5.41) is 0.540. The van der Waals surface area contributed by atoms with Gasteiger partial charge in [-0.3, -0.25) is 14.1 Å². The van der Waals surface area contributed by atoms with Crippen LogP contribution in [-0.2, 0) is 13.6 Å². The Kier molecular flexibility index (Phi) is 4.34. The Morgan fingerprint density at radius 1 is 1.15 bits per heavy atom. The van der Waals surface area contributed by atoms with Crippen LogP contribution < -0.4 is 5.69 Å². The SMILES string of the molecule is Cc1cc(-c2cnc3c(c2)n(Cc2cncc(Cl)c2)c(=O)n3C)sc1Cl. The normalized spacial score (nSPS) is 11.4. The van der Waals surface area contributed by atoms with Gasteiger partial charge in [0, 0.05) is 36.1 Å². The first-order valence-electron chi connectivity index (χ1n) is 7.85. The number of nitrogens with zero attached hydrogens (tertiary/aromatic N) is 4. The first-order chi connectivity index (χ1) is 12.4. The molecule has 0 amide bonds. The summed E-state index contributed by atoms with van der Waals surface area (Å²) in [6, 6.07) is 5.81. The minimum absolute atomic E-state index is 0.134. The molecule has 0 unspecified atom stereocenters. The molecule has 132 valence electrons. The van der Waals surface area contributed by atoms with Crippen molar-refractivity contribution in [2.24, 2.45) is 7.05 Å². The average molecular weight is 405 g/mol. The van der Waals surface area contributed by atoms with Gasteiger partial charge >= 0.3 is 5.69 Å². The van der Waals surface area contributed by atoms with E-state index < -0.39 is 0 Å². The van der Waals surface area contributed by atoms with Crippen molar-refractivity contribution < 1.29 is 0 Å². The van der Waals surface area contributed by atoms with Crippen molar-refractivity contribution in [3.63, 3.8) is 0 Å². The lowest BCUT2D eigenvalue weighted by atomic mass is 10.2. The van der Waals surface area contributed by atoms with Crippen LogP contribution in [0.1, 0.15) is 11.1 Å². The molecule has 0 spiro atoms.